The third kappa shape index (κ3) is 3.74. The second-order valence-corrected chi connectivity index (χ2v) is 8.55. The van der Waals surface area contributed by atoms with Crippen molar-refractivity contribution in [3.8, 4) is 10.0 Å². The predicted molar refractivity (Wildman–Crippen MR) is 72.9 cm³/mol. The number of hydrogen-bond acceptors (Lipinski definition) is 0. The second kappa shape index (κ2) is 6.32. The molecule has 0 saturated carbocycles. The second-order valence-electron chi connectivity index (χ2n) is 3.69. The van der Waals surface area contributed by atoms with Crippen molar-refractivity contribution in [2.75, 3.05) is 0 Å². The Morgan fingerprint density at radius 3 is 2.45 bits per heavy atom. The van der Waals surface area contributed by atoms with Crippen LogP contribution in [0.2, 0.25) is 0 Å². The van der Waals surface area contributed by atoms with Crippen LogP contribution in [0, 0.1) is 0 Å². The maximum absolute atomic E-state index is 12.9. The molecule has 0 nitrogen and oxygen atoms in total. The molecule has 2 rings (SSSR count). The van der Waals surface area contributed by atoms with Gasteiger partial charge in [-0.2, -0.15) is 0 Å². The van der Waals surface area contributed by atoms with Gasteiger partial charge in [-0.05, 0) is 0 Å². The monoisotopic (exact) mass is 484 g/mol. The molecule has 8 heteroatoms. The van der Waals surface area contributed by atoms with E-state index in [9.17, 15) is 22.0 Å². The summed E-state index contributed by atoms with van der Waals surface area (Å²) in [6.45, 7) is 0. The molecule has 1 heterocycles. The number of hydrogen-bond donors (Lipinski definition) is 0. The van der Waals surface area contributed by atoms with Crippen LogP contribution >= 0.6 is 15.9 Å². The van der Waals surface area contributed by atoms with Gasteiger partial charge in [0.25, 0.3) is 0 Å². The molecule has 0 bridgehead atoms. The van der Waals surface area contributed by atoms with E-state index in [-0.39, 0.29) is 4.46 Å². The number of alkyl halides is 5. The Bertz CT molecular complexity index is 606. The first-order valence-corrected chi connectivity index (χ1v) is 9.67. The van der Waals surface area contributed by atoms with Gasteiger partial charge < -0.3 is 0 Å². The van der Waals surface area contributed by atoms with E-state index in [0.29, 0.717) is 14.5 Å². The van der Waals surface area contributed by atoms with Crippen LogP contribution in [-0.4, -0.2) is 34.8 Å². The maximum atomic E-state index is 12.9. The van der Waals surface area contributed by atoms with Gasteiger partial charge in [-0.3, -0.25) is 0 Å². The molecule has 0 atom stereocenters. The molecule has 1 aromatic carbocycles. The Morgan fingerprint density at radius 2 is 1.90 bits per heavy atom. The van der Waals surface area contributed by atoms with Crippen molar-refractivity contribution in [1.29, 1.82) is 0 Å². The van der Waals surface area contributed by atoms with Crippen LogP contribution in [0.25, 0.3) is 10.0 Å². The molecule has 108 valence electrons. The summed E-state index contributed by atoms with van der Waals surface area (Å²) in [4.78, 5) is 1.06. The van der Waals surface area contributed by atoms with Gasteiger partial charge in [0, 0.05) is 0 Å². The van der Waals surface area contributed by atoms with Crippen LogP contribution in [0.3, 0.4) is 0 Å². The van der Waals surface area contributed by atoms with Crippen LogP contribution in [0.15, 0.2) is 33.7 Å². The summed E-state index contributed by atoms with van der Waals surface area (Å²) in [5, 5.41) is -2.74. The zero-order valence-corrected chi connectivity index (χ0v) is 14.6. The molecule has 0 aliphatic rings. The summed E-state index contributed by atoms with van der Waals surface area (Å²) in [5.74, 6) is 0. The van der Waals surface area contributed by atoms with E-state index in [1.54, 1.807) is 24.3 Å². The molecule has 0 aliphatic heterocycles. The van der Waals surface area contributed by atoms with Crippen molar-refractivity contribution in [3.05, 3.63) is 39.2 Å². The van der Waals surface area contributed by atoms with Gasteiger partial charge in [-0.15, -0.1) is 0 Å². The zero-order valence-electron chi connectivity index (χ0n) is 9.55. The third-order valence-electron chi connectivity index (χ3n) is 2.34. The fraction of sp³-hybridized carbons (Fsp3) is 0.167. The van der Waals surface area contributed by atoms with E-state index in [1.165, 1.54) is 0 Å². The molecule has 2 aromatic rings. The van der Waals surface area contributed by atoms with Crippen molar-refractivity contribution in [2.24, 2.45) is 0 Å². The summed E-state index contributed by atoms with van der Waals surface area (Å²) in [5.41, 5.74) is -0.305. The van der Waals surface area contributed by atoms with E-state index >= 15 is 0 Å². The number of rotatable bonds is 3. The molecule has 0 N–H and O–H groups in total. The Kier molecular flexibility index (Phi) is 5.14. The van der Waals surface area contributed by atoms with Crippen molar-refractivity contribution in [1.82, 2.24) is 0 Å². The van der Waals surface area contributed by atoms with Gasteiger partial charge in [0.05, 0.1) is 0 Å². The van der Waals surface area contributed by atoms with Crippen molar-refractivity contribution < 1.29 is 22.0 Å². The van der Waals surface area contributed by atoms with Crippen molar-refractivity contribution in [3.63, 3.8) is 0 Å². The van der Waals surface area contributed by atoms with Gasteiger partial charge in [0.1, 0.15) is 0 Å². The minimum absolute atomic E-state index is 0.210. The fourth-order valence-electron chi connectivity index (χ4n) is 1.58. The van der Waals surface area contributed by atoms with Crippen LogP contribution in [0.5, 0.6) is 0 Å². The molecule has 0 spiro atoms. The Morgan fingerprint density at radius 1 is 1.20 bits per heavy atom. The first kappa shape index (κ1) is 16.2. The summed E-state index contributed by atoms with van der Waals surface area (Å²) in [6.07, 6.45) is -4.57. The molecule has 0 unspecified atom stereocenters. The van der Waals surface area contributed by atoms with Crippen molar-refractivity contribution in [2.45, 2.75) is 11.5 Å². The van der Waals surface area contributed by atoms with E-state index in [2.05, 4.69) is 15.9 Å². The topological polar surface area (TPSA) is 0 Å². The van der Waals surface area contributed by atoms with Crippen LogP contribution in [0.1, 0.15) is 5.56 Å². The van der Waals surface area contributed by atoms with Crippen molar-refractivity contribution >= 4 is 49.9 Å². The summed E-state index contributed by atoms with van der Waals surface area (Å²) < 4.78 is 64.8. The van der Waals surface area contributed by atoms with Gasteiger partial charge in [-0.25, -0.2) is 0 Å². The van der Waals surface area contributed by atoms with Gasteiger partial charge in [0.15, 0.2) is 0 Å². The molecular weight excluding hydrogens is 477 g/mol. The van der Waals surface area contributed by atoms with Gasteiger partial charge in [-0.1, -0.05) is 0 Å². The Hall–Kier alpha value is -0.131. The number of benzene rings is 1. The zero-order chi connectivity index (χ0) is 14.9. The molecule has 1 aromatic heterocycles. The van der Waals surface area contributed by atoms with E-state index < -0.39 is 46.5 Å². The van der Waals surface area contributed by atoms with E-state index in [4.69, 9.17) is 0 Å². The molecule has 0 radical (unpaired) electrons. The average Bonchev–Trinajstić information content (AvgIpc) is 2.71. The molecule has 0 aliphatic carbocycles. The summed E-state index contributed by atoms with van der Waals surface area (Å²) >= 11 is 1.18. The average molecular weight is 483 g/mol. The predicted octanol–water partition coefficient (Wildman–Crippen LogP) is 3.74. The standard InChI is InChI=1S/C12H6BrF5Se2/c13-7-3-1-2-6(4-7)9-10(20-11(14)15)8(5-19-9)12(16,17)18/h1-5,11H. The quantitative estimate of drug-likeness (QED) is 0.462. The summed E-state index contributed by atoms with van der Waals surface area (Å²) in [7, 11) is 0. The number of halogens is 6. The van der Waals surface area contributed by atoms with Gasteiger partial charge in [0.2, 0.25) is 0 Å². The molecule has 0 amide bonds. The normalized spacial score (nSPS) is 12.2. The van der Waals surface area contributed by atoms with E-state index in [0.717, 1.165) is 4.94 Å². The molecule has 0 saturated heterocycles. The van der Waals surface area contributed by atoms with Crippen LogP contribution in [0.4, 0.5) is 22.0 Å². The fourth-order valence-corrected chi connectivity index (χ4v) is 6.91. The Balaban J connectivity index is 2.56. The minimum atomic E-state index is -4.57. The molecule has 20 heavy (non-hydrogen) atoms. The van der Waals surface area contributed by atoms with E-state index in [1.807, 2.05) is 0 Å². The van der Waals surface area contributed by atoms with Crippen LogP contribution < -0.4 is 4.46 Å². The van der Waals surface area contributed by atoms with Gasteiger partial charge >= 0.3 is 133 Å². The molecular formula is C12H6BrF5Se2. The molecule has 0 fully saturated rings. The van der Waals surface area contributed by atoms with Crippen LogP contribution in [-0.2, 0) is 6.18 Å². The first-order chi connectivity index (χ1) is 9.29. The third-order valence-corrected chi connectivity index (χ3v) is 7.41. The first-order valence-electron chi connectivity index (χ1n) is 5.18. The Labute approximate surface area is 132 Å². The SMILES string of the molecule is FC(F)[Se]c1c(C(F)(F)F)c[se]c1-c1cccc(Br)c1. The summed E-state index contributed by atoms with van der Waals surface area (Å²) in [6, 6.07) is 6.73.